The fourth-order valence-electron chi connectivity index (χ4n) is 1.64. The minimum Gasteiger partial charge on any atom is -0.330 e. The number of hydrogen-bond donors (Lipinski definition) is 1. The smallest absolute Gasteiger partial charge is 0.104 e. The summed E-state index contributed by atoms with van der Waals surface area (Å²) >= 11 is 0. The summed E-state index contributed by atoms with van der Waals surface area (Å²) in [4.78, 5) is 0. The molecule has 80 valence electrons. The Morgan fingerprint density at radius 2 is 1.85 bits per heavy atom. The Morgan fingerprint density at radius 1 is 1.23 bits per heavy atom. The molecule has 0 saturated heterocycles. The lowest BCUT2D eigenvalue weighted by atomic mass is 9.89. The SMILES string of the molecule is CCCCCC(F)C(CN)C(C)C. The van der Waals surface area contributed by atoms with Crippen LogP contribution in [0.2, 0.25) is 0 Å². The van der Waals surface area contributed by atoms with Gasteiger partial charge >= 0.3 is 0 Å². The molecule has 0 bridgehead atoms. The summed E-state index contributed by atoms with van der Waals surface area (Å²) in [5.41, 5.74) is 5.54. The van der Waals surface area contributed by atoms with Crippen molar-refractivity contribution in [3.63, 3.8) is 0 Å². The van der Waals surface area contributed by atoms with Gasteiger partial charge in [-0.2, -0.15) is 0 Å². The van der Waals surface area contributed by atoms with E-state index < -0.39 is 6.17 Å². The molecule has 0 fully saturated rings. The Hall–Kier alpha value is -0.110. The van der Waals surface area contributed by atoms with Crippen LogP contribution in [0.15, 0.2) is 0 Å². The second-order valence-corrected chi connectivity index (χ2v) is 4.16. The van der Waals surface area contributed by atoms with Gasteiger partial charge in [-0.3, -0.25) is 0 Å². The highest BCUT2D eigenvalue weighted by molar-refractivity contribution is 4.73. The van der Waals surface area contributed by atoms with Crippen LogP contribution in [0.1, 0.15) is 46.5 Å². The van der Waals surface area contributed by atoms with Crippen LogP contribution in [0.5, 0.6) is 0 Å². The van der Waals surface area contributed by atoms with Crippen LogP contribution in [0.3, 0.4) is 0 Å². The lowest BCUT2D eigenvalue weighted by Gasteiger charge is -2.22. The lowest BCUT2D eigenvalue weighted by Crippen LogP contribution is -2.29. The predicted molar refractivity (Wildman–Crippen MR) is 56.4 cm³/mol. The number of unbranched alkanes of at least 4 members (excludes halogenated alkanes) is 2. The van der Waals surface area contributed by atoms with Gasteiger partial charge in [-0.1, -0.05) is 40.0 Å². The van der Waals surface area contributed by atoms with Crippen LogP contribution in [-0.4, -0.2) is 12.7 Å². The van der Waals surface area contributed by atoms with Gasteiger partial charge in [-0.25, -0.2) is 4.39 Å². The molecule has 0 aromatic rings. The normalized spacial score (nSPS) is 16.2. The molecular weight excluding hydrogens is 165 g/mol. The van der Waals surface area contributed by atoms with Crippen molar-refractivity contribution >= 4 is 0 Å². The van der Waals surface area contributed by atoms with E-state index in [1.165, 1.54) is 0 Å². The molecule has 2 heteroatoms. The molecule has 0 aliphatic rings. The van der Waals surface area contributed by atoms with Crippen molar-refractivity contribution in [2.45, 2.75) is 52.6 Å². The molecule has 0 rings (SSSR count). The van der Waals surface area contributed by atoms with Gasteiger partial charge in [-0.05, 0) is 18.9 Å². The minimum absolute atomic E-state index is 0.0526. The van der Waals surface area contributed by atoms with E-state index in [1.54, 1.807) is 0 Å². The summed E-state index contributed by atoms with van der Waals surface area (Å²) in [6.45, 7) is 6.70. The molecule has 0 aliphatic heterocycles. The van der Waals surface area contributed by atoms with Gasteiger partial charge in [0.1, 0.15) is 6.17 Å². The average Bonchev–Trinajstić information content (AvgIpc) is 2.05. The maximum Gasteiger partial charge on any atom is 0.104 e. The molecule has 0 amide bonds. The van der Waals surface area contributed by atoms with Gasteiger partial charge < -0.3 is 5.73 Å². The van der Waals surface area contributed by atoms with Crippen LogP contribution in [0, 0.1) is 11.8 Å². The first kappa shape index (κ1) is 12.9. The highest BCUT2D eigenvalue weighted by Crippen LogP contribution is 2.21. The van der Waals surface area contributed by atoms with E-state index >= 15 is 0 Å². The minimum atomic E-state index is -0.698. The van der Waals surface area contributed by atoms with Crippen LogP contribution in [0.4, 0.5) is 4.39 Å². The first-order chi connectivity index (χ1) is 6.13. The monoisotopic (exact) mass is 189 g/mol. The molecule has 0 aliphatic carbocycles. The van der Waals surface area contributed by atoms with Crippen LogP contribution >= 0.6 is 0 Å². The molecular formula is C11H24FN. The zero-order valence-electron chi connectivity index (χ0n) is 9.22. The standard InChI is InChI=1S/C11H24FN/c1-4-5-6-7-11(12)10(8-13)9(2)3/h9-11H,4-8,13H2,1-3H3. The van der Waals surface area contributed by atoms with Crippen molar-refractivity contribution in [1.82, 2.24) is 0 Å². The molecule has 0 aromatic carbocycles. The quantitative estimate of drug-likeness (QED) is 0.612. The zero-order valence-corrected chi connectivity index (χ0v) is 9.22. The number of alkyl halides is 1. The summed E-state index contributed by atoms with van der Waals surface area (Å²) < 4.78 is 13.6. The van der Waals surface area contributed by atoms with Crippen molar-refractivity contribution < 1.29 is 4.39 Å². The summed E-state index contributed by atoms with van der Waals surface area (Å²) in [7, 11) is 0. The molecule has 0 saturated carbocycles. The Labute approximate surface area is 81.9 Å². The van der Waals surface area contributed by atoms with Crippen molar-refractivity contribution in [3.8, 4) is 0 Å². The Morgan fingerprint density at radius 3 is 2.23 bits per heavy atom. The second kappa shape index (κ2) is 7.31. The fourth-order valence-corrected chi connectivity index (χ4v) is 1.64. The predicted octanol–water partition coefficient (Wildman–Crippen LogP) is 3.14. The lowest BCUT2D eigenvalue weighted by molar-refractivity contribution is 0.172. The van der Waals surface area contributed by atoms with E-state index in [0.29, 0.717) is 18.9 Å². The molecule has 13 heavy (non-hydrogen) atoms. The van der Waals surface area contributed by atoms with Crippen LogP contribution < -0.4 is 5.73 Å². The summed E-state index contributed by atoms with van der Waals surface area (Å²) in [6, 6.07) is 0. The van der Waals surface area contributed by atoms with E-state index in [2.05, 4.69) is 6.92 Å². The molecule has 2 N–H and O–H groups in total. The highest BCUT2D eigenvalue weighted by atomic mass is 19.1. The van der Waals surface area contributed by atoms with Crippen molar-refractivity contribution in [2.75, 3.05) is 6.54 Å². The maximum atomic E-state index is 13.6. The van der Waals surface area contributed by atoms with E-state index in [1.807, 2.05) is 13.8 Å². The molecule has 2 atom stereocenters. The first-order valence-electron chi connectivity index (χ1n) is 5.47. The molecule has 1 nitrogen and oxygen atoms in total. The maximum absolute atomic E-state index is 13.6. The Kier molecular flexibility index (Phi) is 7.25. The first-order valence-corrected chi connectivity index (χ1v) is 5.47. The Balaban J connectivity index is 3.70. The molecule has 0 spiro atoms. The van der Waals surface area contributed by atoms with Crippen LogP contribution in [0.25, 0.3) is 0 Å². The topological polar surface area (TPSA) is 26.0 Å². The number of rotatable bonds is 7. The summed E-state index contributed by atoms with van der Waals surface area (Å²) in [5, 5.41) is 0. The molecule has 2 unspecified atom stereocenters. The van der Waals surface area contributed by atoms with Gasteiger partial charge in [0.2, 0.25) is 0 Å². The van der Waals surface area contributed by atoms with Crippen LogP contribution in [-0.2, 0) is 0 Å². The van der Waals surface area contributed by atoms with Gasteiger partial charge in [0.15, 0.2) is 0 Å². The van der Waals surface area contributed by atoms with E-state index in [-0.39, 0.29) is 5.92 Å². The third-order valence-corrected chi connectivity index (χ3v) is 2.68. The number of hydrogen-bond acceptors (Lipinski definition) is 1. The summed E-state index contributed by atoms with van der Waals surface area (Å²) in [6.07, 6.45) is 3.28. The molecule has 0 radical (unpaired) electrons. The fraction of sp³-hybridized carbons (Fsp3) is 1.00. The molecule has 0 heterocycles. The summed E-state index contributed by atoms with van der Waals surface area (Å²) in [5.74, 6) is 0.415. The van der Waals surface area contributed by atoms with Gasteiger partial charge in [0.25, 0.3) is 0 Å². The van der Waals surface area contributed by atoms with Crippen molar-refractivity contribution in [2.24, 2.45) is 17.6 Å². The van der Waals surface area contributed by atoms with Gasteiger partial charge in [0, 0.05) is 5.92 Å². The molecule has 0 aromatic heterocycles. The van der Waals surface area contributed by atoms with Gasteiger partial charge in [-0.15, -0.1) is 0 Å². The second-order valence-electron chi connectivity index (χ2n) is 4.16. The van der Waals surface area contributed by atoms with E-state index in [9.17, 15) is 4.39 Å². The largest absolute Gasteiger partial charge is 0.330 e. The van der Waals surface area contributed by atoms with Crippen molar-refractivity contribution in [1.29, 1.82) is 0 Å². The van der Waals surface area contributed by atoms with E-state index in [0.717, 1.165) is 19.3 Å². The average molecular weight is 189 g/mol. The highest BCUT2D eigenvalue weighted by Gasteiger charge is 2.21. The van der Waals surface area contributed by atoms with E-state index in [4.69, 9.17) is 5.73 Å². The number of halogens is 1. The number of nitrogens with two attached hydrogens (primary N) is 1. The third-order valence-electron chi connectivity index (χ3n) is 2.68. The van der Waals surface area contributed by atoms with Crippen molar-refractivity contribution in [3.05, 3.63) is 0 Å². The van der Waals surface area contributed by atoms with Gasteiger partial charge in [0.05, 0.1) is 0 Å². The third kappa shape index (κ3) is 5.25. The zero-order chi connectivity index (χ0) is 10.3. The Bertz CT molecular complexity index is 115.